The van der Waals surface area contributed by atoms with E-state index in [4.69, 9.17) is 4.74 Å². The molecule has 0 radical (unpaired) electrons. The molecule has 0 unspecified atom stereocenters. The third kappa shape index (κ3) is 5.10. The Morgan fingerprint density at radius 3 is 2.48 bits per heavy atom. The second kappa shape index (κ2) is 9.02. The lowest BCUT2D eigenvalue weighted by molar-refractivity contribution is -0.135. The van der Waals surface area contributed by atoms with Crippen molar-refractivity contribution in [2.75, 3.05) is 19.7 Å². The average Bonchev–Trinajstić information content (AvgIpc) is 2.75. The summed E-state index contributed by atoms with van der Waals surface area (Å²) in [6, 6.07) is 13.3. The summed E-state index contributed by atoms with van der Waals surface area (Å²) < 4.78 is 31.5. The predicted molar refractivity (Wildman–Crippen MR) is 108 cm³/mol. The van der Waals surface area contributed by atoms with Crippen LogP contribution in [-0.2, 0) is 32.5 Å². The third-order valence-corrected chi connectivity index (χ3v) is 6.07. The van der Waals surface area contributed by atoms with Crippen LogP contribution in [0.4, 0.5) is 0 Å². The Balaban J connectivity index is 1.55. The molecular formula is C21H22N2O5S. The zero-order valence-electron chi connectivity index (χ0n) is 15.8. The first-order valence-electron chi connectivity index (χ1n) is 9.13. The summed E-state index contributed by atoms with van der Waals surface area (Å²) >= 11 is 0. The lowest BCUT2D eigenvalue weighted by Crippen LogP contribution is -2.38. The highest BCUT2D eigenvalue weighted by Gasteiger charge is 2.22. The molecule has 8 heteroatoms. The number of esters is 1. The van der Waals surface area contributed by atoms with Crippen molar-refractivity contribution in [1.82, 2.24) is 9.62 Å². The van der Waals surface area contributed by atoms with Crippen molar-refractivity contribution in [3.63, 3.8) is 0 Å². The van der Waals surface area contributed by atoms with Crippen molar-refractivity contribution in [3.05, 3.63) is 77.9 Å². The van der Waals surface area contributed by atoms with Crippen molar-refractivity contribution in [3.8, 4) is 0 Å². The van der Waals surface area contributed by atoms with Crippen LogP contribution in [0.5, 0.6) is 0 Å². The van der Waals surface area contributed by atoms with E-state index in [1.165, 1.54) is 35.9 Å². The van der Waals surface area contributed by atoms with E-state index in [0.29, 0.717) is 13.1 Å². The van der Waals surface area contributed by atoms with Crippen LogP contribution in [0.3, 0.4) is 0 Å². The molecule has 3 rings (SSSR count). The van der Waals surface area contributed by atoms with E-state index >= 15 is 0 Å². The SMILES string of the molecule is C=CCNS(=O)(=O)c1ccc(C(=O)OCC(=O)N2CCc3ccccc3C2)cc1. The number of nitrogens with zero attached hydrogens (tertiary/aromatic N) is 1. The lowest BCUT2D eigenvalue weighted by Gasteiger charge is -2.28. The van der Waals surface area contributed by atoms with Gasteiger partial charge in [0, 0.05) is 19.6 Å². The van der Waals surface area contributed by atoms with Gasteiger partial charge in [0.1, 0.15) is 0 Å². The van der Waals surface area contributed by atoms with Crippen LogP contribution in [0, 0.1) is 0 Å². The maximum absolute atomic E-state index is 12.4. The van der Waals surface area contributed by atoms with Gasteiger partial charge in [0.05, 0.1) is 10.5 Å². The Kier molecular flexibility index (Phi) is 6.46. The monoisotopic (exact) mass is 414 g/mol. The number of nitrogens with one attached hydrogen (secondary N) is 1. The van der Waals surface area contributed by atoms with Gasteiger partial charge >= 0.3 is 5.97 Å². The molecular weight excluding hydrogens is 392 g/mol. The molecule has 0 spiro atoms. The fourth-order valence-electron chi connectivity index (χ4n) is 3.03. The topological polar surface area (TPSA) is 92.8 Å². The fraction of sp³-hybridized carbons (Fsp3) is 0.238. The molecule has 1 aliphatic rings. The van der Waals surface area contributed by atoms with Crippen molar-refractivity contribution in [2.24, 2.45) is 0 Å². The molecule has 0 saturated heterocycles. The smallest absolute Gasteiger partial charge is 0.338 e. The normalized spacial score (nSPS) is 13.4. The van der Waals surface area contributed by atoms with Crippen molar-refractivity contribution in [1.29, 1.82) is 0 Å². The van der Waals surface area contributed by atoms with Gasteiger partial charge in [0.15, 0.2) is 6.61 Å². The highest BCUT2D eigenvalue weighted by Crippen LogP contribution is 2.18. The van der Waals surface area contributed by atoms with Crippen molar-refractivity contribution >= 4 is 21.9 Å². The number of amides is 1. The van der Waals surface area contributed by atoms with Crippen LogP contribution in [-0.4, -0.2) is 44.9 Å². The summed E-state index contributed by atoms with van der Waals surface area (Å²) in [6.07, 6.45) is 2.20. The van der Waals surface area contributed by atoms with Gasteiger partial charge in [-0.3, -0.25) is 4.79 Å². The first-order chi connectivity index (χ1) is 13.9. The van der Waals surface area contributed by atoms with Gasteiger partial charge in [-0.1, -0.05) is 30.3 Å². The van der Waals surface area contributed by atoms with Crippen LogP contribution >= 0.6 is 0 Å². The summed E-state index contributed by atoms with van der Waals surface area (Å²) in [5.41, 5.74) is 2.50. The summed E-state index contributed by atoms with van der Waals surface area (Å²) in [5.74, 6) is -0.945. The first-order valence-corrected chi connectivity index (χ1v) is 10.6. The van der Waals surface area contributed by atoms with Gasteiger partial charge in [0.2, 0.25) is 10.0 Å². The molecule has 152 valence electrons. The molecule has 0 aliphatic carbocycles. The third-order valence-electron chi connectivity index (χ3n) is 4.63. The number of hydrogen-bond donors (Lipinski definition) is 1. The summed E-state index contributed by atoms with van der Waals surface area (Å²) in [5, 5.41) is 0. The number of ether oxygens (including phenoxy) is 1. The fourth-order valence-corrected chi connectivity index (χ4v) is 4.03. The molecule has 0 atom stereocenters. The maximum atomic E-state index is 12.4. The minimum atomic E-state index is -3.66. The highest BCUT2D eigenvalue weighted by atomic mass is 32.2. The van der Waals surface area contributed by atoms with Crippen LogP contribution < -0.4 is 4.72 Å². The van der Waals surface area contributed by atoms with E-state index in [0.717, 1.165) is 12.0 Å². The molecule has 0 aromatic heterocycles. The number of carbonyl (C=O) groups excluding carboxylic acids is 2. The van der Waals surface area contributed by atoms with Gasteiger partial charge in [-0.2, -0.15) is 0 Å². The Hall–Kier alpha value is -2.97. The molecule has 0 saturated carbocycles. The molecule has 2 aromatic carbocycles. The molecule has 1 amide bonds. The average molecular weight is 414 g/mol. The first kappa shape index (κ1) is 20.8. The summed E-state index contributed by atoms with van der Waals surface area (Å²) in [6.45, 7) is 4.28. The molecule has 7 nitrogen and oxygen atoms in total. The molecule has 2 aromatic rings. The minimum Gasteiger partial charge on any atom is -0.452 e. The molecule has 1 N–H and O–H groups in total. The van der Waals surface area contributed by atoms with Gasteiger partial charge in [0.25, 0.3) is 5.91 Å². The molecule has 0 fully saturated rings. The second-order valence-corrected chi connectivity index (χ2v) is 8.34. The van der Waals surface area contributed by atoms with E-state index in [1.807, 2.05) is 24.3 Å². The van der Waals surface area contributed by atoms with Crippen LogP contribution in [0.1, 0.15) is 21.5 Å². The summed E-state index contributed by atoms with van der Waals surface area (Å²) in [7, 11) is -3.66. The van der Waals surface area contributed by atoms with E-state index in [1.54, 1.807) is 4.90 Å². The Morgan fingerprint density at radius 2 is 1.79 bits per heavy atom. The predicted octanol–water partition coefficient (Wildman–Crippen LogP) is 1.89. The van der Waals surface area contributed by atoms with Gasteiger partial charge < -0.3 is 9.64 Å². The van der Waals surface area contributed by atoms with Gasteiger partial charge in [-0.15, -0.1) is 6.58 Å². The zero-order valence-corrected chi connectivity index (χ0v) is 16.7. The zero-order chi connectivity index (χ0) is 20.9. The molecule has 29 heavy (non-hydrogen) atoms. The van der Waals surface area contributed by atoms with Crippen LogP contribution in [0.15, 0.2) is 66.1 Å². The highest BCUT2D eigenvalue weighted by molar-refractivity contribution is 7.89. The van der Waals surface area contributed by atoms with E-state index in [9.17, 15) is 18.0 Å². The standard InChI is InChI=1S/C21H22N2O5S/c1-2-12-22-29(26,27)19-9-7-17(8-10-19)21(25)28-15-20(24)23-13-11-16-5-3-4-6-18(16)14-23/h2-10,22H,1,11-15H2. The number of sulfonamides is 1. The minimum absolute atomic E-state index is 0.0268. The maximum Gasteiger partial charge on any atom is 0.338 e. The van der Waals surface area contributed by atoms with Crippen LogP contribution in [0.25, 0.3) is 0 Å². The molecule has 1 heterocycles. The van der Waals surface area contributed by atoms with E-state index in [2.05, 4.69) is 11.3 Å². The van der Waals surface area contributed by atoms with E-state index < -0.39 is 16.0 Å². The quantitative estimate of drug-likeness (QED) is 0.552. The second-order valence-electron chi connectivity index (χ2n) is 6.58. The van der Waals surface area contributed by atoms with E-state index in [-0.39, 0.29) is 29.5 Å². The van der Waals surface area contributed by atoms with Crippen molar-refractivity contribution < 1.29 is 22.7 Å². The van der Waals surface area contributed by atoms with Crippen LogP contribution in [0.2, 0.25) is 0 Å². The number of carbonyl (C=O) groups is 2. The Morgan fingerprint density at radius 1 is 1.10 bits per heavy atom. The number of hydrogen-bond acceptors (Lipinski definition) is 5. The van der Waals surface area contributed by atoms with Gasteiger partial charge in [-0.05, 0) is 41.8 Å². The number of fused-ring (bicyclic) bond motifs is 1. The lowest BCUT2D eigenvalue weighted by atomic mass is 10.00. The number of benzene rings is 2. The molecule has 0 bridgehead atoms. The Bertz CT molecular complexity index is 1020. The van der Waals surface area contributed by atoms with Crippen molar-refractivity contribution in [2.45, 2.75) is 17.9 Å². The summed E-state index contributed by atoms with van der Waals surface area (Å²) in [4.78, 5) is 26.3. The largest absolute Gasteiger partial charge is 0.452 e. The Labute approximate surface area is 170 Å². The molecule has 1 aliphatic heterocycles. The number of rotatable bonds is 7. The van der Waals surface area contributed by atoms with Gasteiger partial charge in [-0.25, -0.2) is 17.9 Å².